The van der Waals surface area contributed by atoms with Gasteiger partial charge in [-0.05, 0) is 28.1 Å². The van der Waals surface area contributed by atoms with Crippen molar-refractivity contribution in [2.75, 3.05) is 5.32 Å². The molecular formula is C9H6BrF2NO. The van der Waals surface area contributed by atoms with Crippen LogP contribution in [0.4, 0.5) is 14.5 Å². The first kappa shape index (κ1) is 10.8. The summed E-state index contributed by atoms with van der Waals surface area (Å²) in [6.45, 7) is 3.21. The van der Waals surface area contributed by atoms with Gasteiger partial charge in [-0.1, -0.05) is 6.58 Å². The zero-order valence-electron chi connectivity index (χ0n) is 6.98. The molecule has 0 unspecified atom stereocenters. The normalized spacial score (nSPS) is 9.64. The Bertz CT molecular complexity index is 393. The van der Waals surface area contributed by atoms with Gasteiger partial charge in [0.25, 0.3) is 0 Å². The predicted octanol–water partition coefficient (Wildman–Crippen LogP) is 2.85. The monoisotopic (exact) mass is 261 g/mol. The number of carbonyl (C=O) groups is 1. The van der Waals surface area contributed by atoms with Crippen LogP contribution in [0, 0.1) is 11.6 Å². The lowest BCUT2D eigenvalue weighted by Crippen LogP contribution is -2.09. The number of amides is 1. The second kappa shape index (κ2) is 4.32. The van der Waals surface area contributed by atoms with Gasteiger partial charge >= 0.3 is 0 Å². The van der Waals surface area contributed by atoms with Crippen molar-refractivity contribution in [2.24, 2.45) is 0 Å². The lowest BCUT2D eigenvalue weighted by Gasteiger charge is -2.04. The standard InChI is InChI=1S/C9H6BrF2NO/c1-2-9(14)13-8-3-5(10)6(11)4-7(8)12/h2-4H,1H2,(H,13,14). The van der Waals surface area contributed by atoms with Gasteiger partial charge in [-0.3, -0.25) is 4.79 Å². The van der Waals surface area contributed by atoms with Gasteiger partial charge in [0.15, 0.2) is 0 Å². The minimum atomic E-state index is -0.832. The van der Waals surface area contributed by atoms with Crippen LogP contribution in [0.25, 0.3) is 0 Å². The Morgan fingerprint density at radius 1 is 1.43 bits per heavy atom. The van der Waals surface area contributed by atoms with Crippen molar-refractivity contribution in [2.45, 2.75) is 0 Å². The average Bonchev–Trinajstić information content (AvgIpc) is 2.14. The van der Waals surface area contributed by atoms with Gasteiger partial charge in [-0.15, -0.1) is 0 Å². The summed E-state index contributed by atoms with van der Waals surface area (Å²) in [5.74, 6) is -2.11. The summed E-state index contributed by atoms with van der Waals surface area (Å²) < 4.78 is 25.9. The van der Waals surface area contributed by atoms with E-state index in [1.807, 2.05) is 0 Å². The van der Waals surface area contributed by atoms with Crippen LogP contribution in [0.5, 0.6) is 0 Å². The van der Waals surface area contributed by atoms with Gasteiger partial charge in [0, 0.05) is 6.07 Å². The molecular weight excluding hydrogens is 256 g/mol. The smallest absolute Gasteiger partial charge is 0.247 e. The Kier molecular flexibility index (Phi) is 3.35. The maximum Gasteiger partial charge on any atom is 0.247 e. The molecule has 14 heavy (non-hydrogen) atoms. The number of halogens is 3. The fourth-order valence-electron chi connectivity index (χ4n) is 0.802. The van der Waals surface area contributed by atoms with Gasteiger partial charge in [-0.2, -0.15) is 0 Å². The molecule has 1 N–H and O–H groups in total. The summed E-state index contributed by atoms with van der Waals surface area (Å²) in [6.07, 6.45) is 0.997. The Hall–Kier alpha value is -1.23. The summed E-state index contributed by atoms with van der Waals surface area (Å²) in [6, 6.07) is 1.83. The van der Waals surface area contributed by atoms with Crippen LogP contribution < -0.4 is 5.32 Å². The number of carbonyl (C=O) groups excluding carboxylic acids is 1. The van der Waals surface area contributed by atoms with Gasteiger partial charge < -0.3 is 5.32 Å². The van der Waals surface area contributed by atoms with Crippen LogP contribution in [0.15, 0.2) is 29.3 Å². The van der Waals surface area contributed by atoms with Crippen LogP contribution >= 0.6 is 15.9 Å². The highest BCUT2D eigenvalue weighted by atomic mass is 79.9. The molecule has 1 rings (SSSR count). The van der Waals surface area contributed by atoms with E-state index in [1.165, 1.54) is 0 Å². The molecule has 1 amide bonds. The third-order valence-electron chi connectivity index (χ3n) is 1.45. The van der Waals surface area contributed by atoms with Crippen molar-refractivity contribution in [3.63, 3.8) is 0 Å². The lowest BCUT2D eigenvalue weighted by molar-refractivity contribution is -0.111. The summed E-state index contributed by atoms with van der Waals surface area (Å²) >= 11 is 2.87. The van der Waals surface area contributed by atoms with E-state index < -0.39 is 17.5 Å². The first-order chi connectivity index (χ1) is 6.54. The summed E-state index contributed by atoms with van der Waals surface area (Å²) in [4.78, 5) is 10.8. The van der Waals surface area contributed by atoms with Gasteiger partial charge in [0.1, 0.15) is 11.6 Å². The fraction of sp³-hybridized carbons (Fsp3) is 0. The van der Waals surface area contributed by atoms with E-state index in [9.17, 15) is 13.6 Å². The lowest BCUT2D eigenvalue weighted by atomic mass is 10.3. The van der Waals surface area contributed by atoms with Crippen molar-refractivity contribution in [3.05, 3.63) is 40.9 Å². The molecule has 0 aromatic heterocycles. The largest absolute Gasteiger partial charge is 0.320 e. The zero-order chi connectivity index (χ0) is 10.7. The van der Waals surface area contributed by atoms with E-state index in [0.29, 0.717) is 6.07 Å². The molecule has 0 saturated heterocycles. The summed E-state index contributed by atoms with van der Waals surface area (Å²) in [5, 5.41) is 2.20. The van der Waals surface area contributed by atoms with Crippen molar-refractivity contribution >= 4 is 27.5 Å². The van der Waals surface area contributed by atoms with Gasteiger partial charge in [-0.25, -0.2) is 8.78 Å². The van der Waals surface area contributed by atoms with Crippen molar-refractivity contribution in [1.29, 1.82) is 0 Å². The first-order valence-corrected chi connectivity index (χ1v) is 4.42. The summed E-state index contributed by atoms with van der Waals surface area (Å²) in [5.41, 5.74) is -0.0943. The Balaban J connectivity index is 3.03. The molecule has 0 aliphatic carbocycles. The second-order valence-corrected chi connectivity index (χ2v) is 3.29. The van der Waals surface area contributed by atoms with Crippen LogP contribution in [-0.4, -0.2) is 5.91 Å². The van der Waals surface area contributed by atoms with Crippen LogP contribution in [0.1, 0.15) is 0 Å². The van der Waals surface area contributed by atoms with E-state index in [1.54, 1.807) is 0 Å². The quantitative estimate of drug-likeness (QED) is 0.644. The van der Waals surface area contributed by atoms with Crippen molar-refractivity contribution in [3.8, 4) is 0 Å². The van der Waals surface area contributed by atoms with Crippen LogP contribution in [0.2, 0.25) is 0 Å². The number of rotatable bonds is 2. The molecule has 5 heteroatoms. The molecule has 0 aliphatic heterocycles. The molecule has 74 valence electrons. The molecule has 0 fully saturated rings. The predicted molar refractivity (Wildman–Crippen MR) is 52.9 cm³/mol. The van der Waals surface area contributed by atoms with Crippen molar-refractivity contribution < 1.29 is 13.6 Å². The Morgan fingerprint density at radius 3 is 2.64 bits per heavy atom. The third kappa shape index (κ3) is 2.38. The second-order valence-electron chi connectivity index (χ2n) is 2.44. The number of hydrogen-bond donors (Lipinski definition) is 1. The molecule has 0 atom stereocenters. The fourth-order valence-corrected chi connectivity index (χ4v) is 1.15. The molecule has 0 saturated carbocycles. The molecule has 0 spiro atoms. The van der Waals surface area contributed by atoms with E-state index in [0.717, 1.165) is 12.1 Å². The highest BCUT2D eigenvalue weighted by molar-refractivity contribution is 9.10. The number of benzene rings is 1. The van der Waals surface area contributed by atoms with E-state index in [2.05, 4.69) is 27.8 Å². The van der Waals surface area contributed by atoms with Gasteiger partial charge in [0.05, 0.1) is 10.2 Å². The van der Waals surface area contributed by atoms with E-state index >= 15 is 0 Å². The molecule has 1 aromatic rings. The highest BCUT2D eigenvalue weighted by Gasteiger charge is 2.09. The maximum atomic E-state index is 13.0. The minimum absolute atomic E-state index is 0.0817. The molecule has 0 bridgehead atoms. The highest BCUT2D eigenvalue weighted by Crippen LogP contribution is 2.23. The number of anilines is 1. The Labute approximate surface area is 87.7 Å². The average molecular weight is 262 g/mol. The third-order valence-corrected chi connectivity index (χ3v) is 2.06. The first-order valence-electron chi connectivity index (χ1n) is 3.62. The molecule has 1 aromatic carbocycles. The molecule has 0 aliphatic rings. The number of hydrogen-bond acceptors (Lipinski definition) is 1. The molecule has 2 nitrogen and oxygen atoms in total. The Morgan fingerprint density at radius 2 is 2.07 bits per heavy atom. The maximum absolute atomic E-state index is 13.0. The van der Waals surface area contributed by atoms with Crippen LogP contribution in [-0.2, 0) is 4.79 Å². The molecule has 0 radical (unpaired) electrons. The van der Waals surface area contributed by atoms with Crippen LogP contribution in [0.3, 0.4) is 0 Å². The van der Waals surface area contributed by atoms with Crippen molar-refractivity contribution in [1.82, 2.24) is 0 Å². The number of nitrogens with one attached hydrogen (secondary N) is 1. The van der Waals surface area contributed by atoms with E-state index in [4.69, 9.17) is 0 Å². The zero-order valence-corrected chi connectivity index (χ0v) is 8.57. The van der Waals surface area contributed by atoms with E-state index in [-0.39, 0.29) is 10.2 Å². The summed E-state index contributed by atoms with van der Waals surface area (Å²) in [7, 11) is 0. The van der Waals surface area contributed by atoms with Gasteiger partial charge in [0.2, 0.25) is 5.91 Å². The molecule has 0 heterocycles. The minimum Gasteiger partial charge on any atom is -0.320 e. The SMILES string of the molecule is C=CC(=O)Nc1cc(Br)c(F)cc1F. The topological polar surface area (TPSA) is 29.1 Å².